The van der Waals surface area contributed by atoms with Crippen molar-refractivity contribution < 1.29 is 9.59 Å². The Morgan fingerprint density at radius 2 is 1.47 bits per heavy atom. The van der Waals surface area contributed by atoms with Gasteiger partial charge >= 0.3 is 0 Å². The Kier molecular flexibility index (Phi) is 8.70. The summed E-state index contributed by atoms with van der Waals surface area (Å²) in [7, 11) is 0. The lowest BCUT2D eigenvalue weighted by Crippen LogP contribution is -2.52. The van der Waals surface area contributed by atoms with Crippen LogP contribution >= 0.6 is 0 Å². The third-order valence-corrected chi connectivity index (χ3v) is 6.57. The molecule has 2 N–H and O–H groups in total. The van der Waals surface area contributed by atoms with Gasteiger partial charge in [-0.3, -0.25) is 19.4 Å². The van der Waals surface area contributed by atoms with Crippen molar-refractivity contribution in [1.29, 1.82) is 0 Å². The molecule has 0 spiro atoms. The van der Waals surface area contributed by atoms with Crippen molar-refractivity contribution in [2.45, 2.75) is 58.0 Å². The van der Waals surface area contributed by atoms with Gasteiger partial charge in [-0.15, -0.1) is 0 Å². The van der Waals surface area contributed by atoms with Gasteiger partial charge in [-0.05, 0) is 37.7 Å². The summed E-state index contributed by atoms with van der Waals surface area (Å²) >= 11 is 0. The molecule has 0 aromatic heterocycles. The molecular formula is C24H38N4O2. The lowest BCUT2D eigenvalue weighted by Gasteiger charge is -2.34. The predicted octanol–water partition coefficient (Wildman–Crippen LogP) is 2.57. The molecule has 1 aromatic rings. The minimum Gasteiger partial charge on any atom is -0.353 e. The van der Waals surface area contributed by atoms with Crippen molar-refractivity contribution in [2.24, 2.45) is 5.92 Å². The van der Waals surface area contributed by atoms with E-state index in [0.717, 1.165) is 32.6 Å². The Balaban J connectivity index is 1.45. The molecule has 1 saturated heterocycles. The minimum atomic E-state index is 0.0952. The van der Waals surface area contributed by atoms with Crippen LogP contribution in [0.3, 0.4) is 0 Å². The summed E-state index contributed by atoms with van der Waals surface area (Å²) in [4.78, 5) is 29.3. The molecule has 1 aromatic carbocycles. The van der Waals surface area contributed by atoms with E-state index in [9.17, 15) is 9.59 Å². The van der Waals surface area contributed by atoms with Crippen molar-refractivity contribution >= 4 is 11.8 Å². The Morgan fingerprint density at radius 3 is 2.00 bits per heavy atom. The molecule has 6 heteroatoms. The summed E-state index contributed by atoms with van der Waals surface area (Å²) in [6, 6.07) is 10.7. The van der Waals surface area contributed by atoms with E-state index in [-0.39, 0.29) is 23.9 Å². The fourth-order valence-corrected chi connectivity index (χ4v) is 4.58. The summed E-state index contributed by atoms with van der Waals surface area (Å²) in [6.45, 7) is 8.28. The van der Waals surface area contributed by atoms with E-state index in [1.54, 1.807) is 0 Å². The minimum absolute atomic E-state index is 0.0952. The van der Waals surface area contributed by atoms with Crippen LogP contribution in [0, 0.1) is 5.92 Å². The molecule has 1 aliphatic heterocycles. The first kappa shape index (κ1) is 22.8. The number of nitrogens with zero attached hydrogens (tertiary/aromatic N) is 2. The monoisotopic (exact) mass is 414 g/mol. The molecule has 3 rings (SSSR count). The van der Waals surface area contributed by atoms with Gasteiger partial charge < -0.3 is 10.6 Å². The number of carbonyl (C=O) groups excluding carboxylic acids is 2. The van der Waals surface area contributed by atoms with Gasteiger partial charge in [-0.1, -0.05) is 50.1 Å². The highest BCUT2D eigenvalue weighted by molar-refractivity contribution is 5.79. The number of carbonyl (C=O) groups is 2. The fourth-order valence-electron chi connectivity index (χ4n) is 4.58. The zero-order valence-corrected chi connectivity index (χ0v) is 18.6. The van der Waals surface area contributed by atoms with Crippen LogP contribution < -0.4 is 10.6 Å². The van der Waals surface area contributed by atoms with Gasteiger partial charge in [-0.25, -0.2) is 0 Å². The van der Waals surface area contributed by atoms with Gasteiger partial charge in [-0.2, -0.15) is 0 Å². The molecule has 2 unspecified atom stereocenters. The maximum absolute atomic E-state index is 12.8. The lowest BCUT2D eigenvalue weighted by molar-refractivity contribution is -0.125. The SMILES string of the molecule is CCC(C)NC(=O)CN1CCN(CC(=O)NC(c2ccccc2)C2CCCC2)CC1. The van der Waals surface area contributed by atoms with E-state index >= 15 is 0 Å². The van der Waals surface area contributed by atoms with E-state index in [1.807, 2.05) is 13.0 Å². The van der Waals surface area contributed by atoms with E-state index in [4.69, 9.17) is 0 Å². The largest absolute Gasteiger partial charge is 0.353 e. The molecule has 2 fully saturated rings. The third kappa shape index (κ3) is 6.81. The highest BCUT2D eigenvalue weighted by atomic mass is 16.2. The third-order valence-electron chi connectivity index (χ3n) is 6.57. The zero-order valence-electron chi connectivity index (χ0n) is 18.6. The summed E-state index contributed by atoms with van der Waals surface area (Å²) in [5, 5.41) is 6.36. The number of benzene rings is 1. The van der Waals surface area contributed by atoms with E-state index in [0.29, 0.717) is 19.0 Å². The Hall–Kier alpha value is -1.92. The van der Waals surface area contributed by atoms with Crippen molar-refractivity contribution in [3.05, 3.63) is 35.9 Å². The van der Waals surface area contributed by atoms with E-state index < -0.39 is 0 Å². The second-order valence-corrected chi connectivity index (χ2v) is 8.93. The number of nitrogens with one attached hydrogen (secondary N) is 2. The molecule has 166 valence electrons. The number of rotatable bonds is 9. The standard InChI is InChI=1S/C24H38N4O2/c1-3-19(2)25-22(29)17-27-13-15-28(16-14-27)18-23(30)26-24(21-11-7-8-12-21)20-9-5-4-6-10-20/h4-6,9-10,19,21,24H,3,7-8,11-18H2,1-2H3,(H,25,29)(H,26,30). The summed E-state index contributed by atoms with van der Waals surface area (Å²) in [6.07, 6.45) is 5.85. The molecule has 0 bridgehead atoms. The quantitative estimate of drug-likeness (QED) is 0.652. The second-order valence-electron chi connectivity index (χ2n) is 8.93. The molecule has 0 radical (unpaired) electrons. The summed E-state index contributed by atoms with van der Waals surface area (Å²) in [5.41, 5.74) is 1.22. The predicted molar refractivity (Wildman–Crippen MR) is 120 cm³/mol. The number of amides is 2. The van der Waals surface area contributed by atoms with Gasteiger partial charge in [0.15, 0.2) is 0 Å². The average Bonchev–Trinajstić information content (AvgIpc) is 3.28. The van der Waals surface area contributed by atoms with E-state index in [1.165, 1.54) is 31.2 Å². The molecule has 1 aliphatic carbocycles. The van der Waals surface area contributed by atoms with Crippen LogP contribution in [0.15, 0.2) is 30.3 Å². The van der Waals surface area contributed by atoms with Gasteiger partial charge in [0.1, 0.15) is 0 Å². The topological polar surface area (TPSA) is 64.7 Å². The number of hydrogen-bond acceptors (Lipinski definition) is 4. The van der Waals surface area contributed by atoms with Crippen LogP contribution in [-0.4, -0.2) is 66.9 Å². The first-order valence-electron chi connectivity index (χ1n) is 11.6. The van der Waals surface area contributed by atoms with Crippen LogP contribution in [0.2, 0.25) is 0 Å². The van der Waals surface area contributed by atoms with Crippen molar-refractivity contribution in [3.8, 4) is 0 Å². The van der Waals surface area contributed by atoms with Crippen LogP contribution in [-0.2, 0) is 9.59 Å². The molecule has 30 heavy (non-hydrogen) atoms. The average molecular weight is 415 g/mol. The van der Waals surface area contributed by atoms with Gasteiger partial charge in [0.25, 0.3) is 0 Å². The number of piperazine rings is 1. The van der Waals surface area contributed by atoms with Crippen LogP contribution in [0.25, 0.3) is 0 Å². The van der Waals surface area contributed by atoms with Crippen LogP contribution in [0.4, 0.5) is 0 Å². The number of hydrogen-bond donors (Lipinski definition) is 2. The van der Waals surface area contributed by atoms with Crippen molar-refractivity contribution in [3.63, 3.8) is 0 Å². The van der Waals surface area contributed by atoms with Gasteiger partial charge in [0.2, 0.25) is 11.8 Å². The van der Waals surface area contributed by atoms with E-state index in [2.05, 4.69) is 51.6 Å². The molecule has 2 atom stereocenters. The maximum Gasteiger partial charge on any atom is 0.234 e. The lowest BCUT2D eigenvalue weighted by atomic mass is 9.91. The highest BCUT2D eigenvalue weighted by Crippen LogP contribution is 2.35. The first-order valence-corrected chi connectivity index (χ1v) is 11.6. The molecule has 6 nitrogen and oxygen atoms in total. The summed E-state index contributed by atoms with van der Waals surface area (Å²) < 4.78 is 0. The van der Waals surface area contributed by atoms with Crippen molar-refractivity contribution in [2.75, 3.05) is 39.3 Å². The van der Waals surface area contributed by atoms with Gasteiger partial charge in [0.05, 0.1) is 19.1 Å². The zero-order chi connectivity index (χ0) is 21.3. The Bertz CT molecular complexity index is 667. The molecule has 1 saturated carbocycles. The molecule has 2 amide bonds. The first-order chi connectivity index (χ1) is 14.5. The van der Waals surface area contributed by atoms with Crippen LogP contribution in [0.5, 0.6) is 0 Å². The molecular weight excluding hydrogens is 376 g/mol. The second kappa shape index (κ2) is 11.5. The maximum atomic E-state index is 12.8. The Morgan fingerprint density at radius 1 is 0.933 bits per heavy atom. The van der Waals surface area contributed by atoms with Gasteiger partial charge in [0, 0.05) is 32.2 Å². The molecule has 1 heterocycles. The highest BCUT2D eigenvalue weighted by Gasteiger charge is 2.28. The smallest absolute Gasteiger partial charge is 0.234 e. The normalized spacial score (nSPS) is 20.6. The fraction of sp³-hybridized carbons (Fsp3) is 0.667. The summed E-state index contributed by atoms with van der Waals surface area (Å²) in [5.74, 6) is 0.744. The molecule has 2 aliphatic rings. The van der Waals surface area contributed by atoms with Crippen LogP contribution in [0.1, 0.15) is 57.6 Å². The van der Waals surface area contributed by atoms with Crippen molar-refractivity contribution in [1.82, 2.24) is 20.4 Å². The Labute approximate surface area is 181 Å².